The van der Waals surface area contributed by atoms with Gasteiger partial charge in [0.1, 0.15) is 0 Å². The number of hydrogen-bond acceptors (Lipinski definition) is 2. The Hall–Kier alpha value is -1.02. The van der Waals surface area contributed by atoms with Crippen molar-refractivity contribution in [3.63, 3.8) is 0 Å². The molecule has 1 aromatic carbocycles. The average molecular weight is 232 g/mol. The summed E-state index contributed by atoms with van der Waals surface area (Å²) in [5.74, 6) is 0.740. The smallest absolute Gasteiger partial charge is 0.0343 e. The van der Waals surface area contributed by atoms with E-state index in [9.17, 15) is 0 Å². The second kappa shape index (κ2) is 6.06. The van der Waals surface area contributed by atoms with Crippen LogP contribution in [0.1, 0.15) is 49.7 Å². The van der Waals surface area contributed by atoms with Gasteiger partial charge in [0, 0.05) is 12.2 Å². The maximum Gasteiger partial charge on any atom is 0.0343 e. The molecule has 1 unspecified atom stereocenters. The van der Waals surface area contributed by atoms with Gasteiger partial charge in [-0.15, -0.1) is 0 Å². The molecule has 0 saturated carbocycles. The zero-order chi connectivity index (χ0) is 12.1. The summed E-state index contributed by atoms with van der Waals surface area (Å²) in [7, 11) is 0. The lowest BCUT2D eigenvalue weighted by atomic mass is 10.0. The lowest BCUT2D eigenvalue weighted by molar-refractivity contribution is 0.707. The van der Waals surface area contributed by atoms with E-state index in [1.165, 1.54) is 31.4 Å². The lowest BCUT2D eigenvalue weighted by Crippen LogP contribution is -2.04. The van der Waals surface area contributed by atoms with Crippen LogP contribution in [-0.4, -0.2) is 13.1 Å². The van der Waals surface area contributed by atoms with Crippen molar-refractivity contribution >= 4 is 5.69 Å². The minimum absolute atomic E-state index is 0.740. The molecule has 1 aliphatic carbocycles. The van der Waals surface area contributed by atoms with Crippen molar-refractivity contribution < 1.29 is 0 Å². The third-order valence-electron chi connectivity index (χ3n) is 3.73. The van der Waals surface area contributed by atoms with Crippen LogP contribution in [0, 0.1) is 0 Å². The first kappa shape index (κ1) is 12.4. The molecule has 1 aromatic rings. The summed E-state index contributed by atoms with van der Waals surface area (Å²) < 4.78 is 0. The minimum atomic E-state index is 0.740. The van der Waals surface area contributed by atoms with Crippen molar-refractivity contribution in [2.75, 3.05) is 18.4 Å². The monoisotopic (exact) mass is 232 g/mol. The number of aryl methyl sites for hydroxylation is 1. The van der Waals surface area contributed by atoms with Crippen LogP contribution in [0.2, 0.25) is 0 Å². The molecule has 2 rings (SSSR count). The Bertz CT molecular complexity index is 360. The fraction of sp³-hybridized carbons (Fsp3) is 0.600. The average Bonchev–Trinajstić information content (AvgIpc) is 2.71. The van der Waals surface area contributed by atoms with Crippen LogP contribution in [0.3, 0.4) is 0 Å². The van der Waals surface area contributed by atoms with E-state index in [0.717, 1.165) is 25.4 Å². The highest BCUT2D eigenvalue weighted by Gasteiger charge is 2.18. The van der Waals surface area contributed by atoms with E-state index in [1.807, 2.05) is 0 Å². The van der Waals surface area contributed by atoms with E-state index in [1.54, 1.807) is 11.1 Å². The Balaban J connectivity index is 1.83. The third kappa shape index (κ3) is 3.22. The van der Waals surface area contributed by atoms with Gasteiger partial charge in [0.2, 0.25) is 0 Å². The van der Waals surface area contributed by atoms with Gasteiger partial charge in [-0.3, -0.25) is 0 Å². The molecule has 0 fully saturated rings. The SMILES string of the molecule is CC1CCc2ccc(NCCCCCN)cc21. The van der Waals surface area contributed by atoms with E-state index in [0.29, 0.717) is 0 Å². The molecule has 0 aromatic heterocycles. The van der Waals surface area contributed by atoms with Crippen LogP contribution in [0.4, 0.5) is 5.69 Å². The molecule has 0 saturated heterocycles. The summed E-state index contributed by atoms with van der Waals surface area (Å²) in [6.45, 7) is 4.21. The van der Waals surface area contributed by atoms with Gasteiger partial charge in [-0.2, -0.15) is 0 Å². The normalized spacial score (nSPS) is 18.1. The molecular weight excluding hydrogens is 208 g/mol. The van der Waals surface area contributed by atoms with Crippen LogP contribution < -0.4 is 11.1 Å². The van der Waals surface area contributed by atoms with E-state index >= 15 is 0 Å². The number of fused-ring (bicyclic) bond motifs is 1. The Morgan fingerprint density at radius 1 is 1.29 bits per heavy atom. The molecule has 0 aliphatic heterocycles. The molecule has 2 nitrogen and oxygen atoms in total. The highest BCUT2D eigenvalue weighted by molar-refractivity contribution is 5.51. The molecule has 1 atom stereocenters. The van der Waals surface area contributed by atoms with Crippen molar-refractivity contribution in [3.05, 3.63) is 29.3 Å². The molecular formula is C15H24N2. The molecule has 0 amide bonds. The summed E-state index contributed by atoms with van der Waals surface area (Å²) in [6, 6.07) is 6.86. The van der Waals surface area contributed by atoms with Gasteiger partial charge < -0.3 is 11.1 Å². The van der Waals surface area contributed by atoms with Crippen molar-refractivity contribution in [1.29, 1.82) is 0 Å². The Morgan fingerprint density at radius 2 is 2.18 bits per heavy atom. The van der Waals surface area contributed by atoms with Gasteiger partial charge in [-0.25, -0.2) is 0 Å². The van der Waals surface area contributed by atoms with Crippen molar-refractivity contribution in [2.24, 2.45) is 5.73 Å². The summed E-state index contributed by atoms with van der Waals surface area (Å²) >= 11 is 0. The molecule has 94 valence electrons. The summed E-state index contributed by atoms with van der Waals surface area (Å²) in [4.78, 5) is 0. The van der Waals surface area contributed by atoms with Gasteiger partial charge >= 0.3 is 0 Å². The number of unbranched alkanes of at least 4 members (excludes halogenated alkanes) is 2. The van der Waals surface area contributed by atoms with E-state index < -0.39 is 0 Å². The number of benzene rings is 1. The molecule has 0 radical (unpaired) electrons. The molecule has 0 heterocycles. The van der Waals surface area contributed by atoms with Crippen molar-refractivity contribution in [3.8, 4) is 0 Å². The number of hydrogen-bond donors (Lipinski definition) is 2. The lowest BCUT2D eigenvalue weighted by Gasteiger charge is -2.10. The second-order valence-electron chi connectivity index (χ2n) is 5.13. The Morgan fingerprint density at radius 3 is 3.00 bits per heavy atom. The van der Waals surface area contributed by atoms with Gasteiger partial charge in [0.05, 0.1) is 0 Å². The molecule has 1 aliphatic rings. The largest absolute Gasteiger partial charge is 0.385 e. The van der Waals surface area contributed by atoms with Gasteiger partial charge in [0.25, 0.3) is 0 Å². The van der Waals surface area contributed by atoms with Crippen LogP contribution in [0.25, 0.3) is 0 Å². The maximum atomic E-state index is 5.48. The zero-order valence-corrected chi connectivity index (χ0v) is 10.8. The topological polar surface area (TPSA) is 38.0 Å². The number of nitrogens with one attached hydrogen (secondary N) is 1. The fourth-order valence-electron chi connectivity index (χ4n) is 2.60. The Kier molecular flexibility index (Phi) is 4.43. The first-order valence-corrected chi connectivity index (χ1v) is 6.88. The molecule has 0 bridgehead atoms. The predicted octanol–water partition coefficient (Wildman–Crippen LogP) is 3.28. The minimum Gasteiger partial charge on any atom is -0.385 e. The maximum absolute atomic E-state index is 5.48. The molecule has 0 spiro atoms. The van der Waals surface area contributed by atoms with Crippen LogP contribution in [0.5, 0.6) is 0 Å². The number of anilines is 1. The van der Waals surface area contributed by atoms with Gasteiger partial charge in [-0.05, 0) is 61.4 Å². The van der Waals surface area contributed by atoms with Gasteiger partial charge in [0.15, 0.2) is 0 Å². The quantitative estimate of drug-likeness (QED) is 0.739. The molecule has 17 heavy (non-hydrogen) atoms. The van der Waals surface area contributed by atoms with Crippen LogP contribution in [-0.2, 0) is 6.42 Å². The number of nitrogens with two attached hydrogens (primary N) is 1. The van der Waals surface area contributed by atoms with Crippen LogP contribution in [0.15, 0.2) is 18.2 Å². The third-order valence-corrected chi connectivity index (χ3v) is 3.73. The van der Waals surface area contributed by atoms with Crippen molar-refractivity contribution in [2.45, 2.75) is 44.9 Å². The second-order valence-corrected chi connectivity index (χ2v) is 5.13. The van der Waals surface area contributed by atoms with Crippen molar-refractivity contribution in [1.82, 2.24) is 0 Å². The van der Waals surface area contributed by atoms with Crippen LogP contribution >= 0.6 is 0 Å². The molecule has 2 heteroatoms. The van der Waals surface area contributed by atoms with E-state index in [-0.39, 0.29) is 0 Å². The highest BCUT2D eigenvalue weighted by atomic mass is 14.9. The predicted molar refractivity (Wildman–Crippen MR) is 74.6 cm³/mol. The standard InChI is InChI=1S/C15H24N2/c1-12-5-6-13-7-8-14(11-15(12)13)17-10-4-2-3-9-16/h7-8,11-12,17H,2-6,9-10,16H2,1H3. The summed E-state index contributed by atoms with van der Waals surface area (Å²) in [6.07, 6.45) is 6.15. The first-order chi connectivity index (χ1) is 8.31. The fourth-order valence-corrected chi connectivity index (χ4v) is 2.60. The molecule has 3 N–H and O–H groups in total. The summed E-state index contributed by atoms with van der Waals surface area (Å²) in [5.41, 5.74) is 9.86. The summed E-state index contributed by atoms with van der Waals surface area (Å²) in [5, 5.41) is 3.51. The zero-order valence-electron chi connectivity index (χ0n) is 10.8. The Labute approximate surface area is 105 Å². The van der Waals surface area contributed by atoms with Gasteiger partial charge in [-0.1, -0.05) is 19.4 Å². The number of rotatable bonds is 6. The van der Waals surface area contributed by atoms with E-state index in [4.69, 9.17) is 5.73 Å². The first-order valence-electron chi connectivity index (χ1n) is 6.88. The highest BCUT2D eigenvalue weighted by Crippen LogP contribution is 2.34. The van der Waals surface area contributed by atoms with E-state index in [2.05, 4.69) is 30.4 Å².